The van der Waals surface area contributed by atoms with Crippen molar-refractivity contribution in [1.82, 2.24) is 13.8 Å². The van der Waals surface area contributed by atoms with Gasteiger partial charge in [0.25, 0.3) is 0 Å². The lowest BCUT2D eigenvalue weighted by atomic mass is 9.97. The molecule has 1 aromatic heterocycles. The number of sulfonamides is 1. The van der Waals surface area contributed by atoms with Gasteiger partial charge in [-0.05, 0) is 57.3 Å². The van der Waals surface area contributed by atoms with Crippen LogP contribution in [0.2, 0.25) is 0 Å². The van der Waals surface area contributed by atoms with Gasteiger partial charge in [-0.2, -0.15) is 4.31 Å². The Hall–Kier alpha value is -2.95. The predicted molar refractivity (Wildman–Crippen MR) is 126 cm³/mol. The normalized spacial score (nSPS) is 15.8. The van der Waals surface area contributed by atoms with Gasteiger partial charge < -0.3 is 14.6 Å². The first-order valence-corrected chi connectivity index (χ1v) is 12.3. The summed E-state index contributed by atoms with van der Waals surface area (Å²) >= 11 is 0. The molecule has 1 saturated heterocycles. The largest absolute Gasteiger partial charge is 0.419 e. The van der Waals surface area contributed by atoms with Crippen LogP contribution in [0.4, 0.5) is 5.69 Å². The minimum Gasteiger partial charge on any atom is -0.408 e. The Morgan fingerprint density at radius 1 is 1.12 bits per heavy atom. The lowest BCUT2D eigenvalue weighted by Gasteiger charge is -2.30. The summed E-state index contributed by atoms with van der Waals surface area (Å²) < 4.78 is 33.9. The summed E-state index contributed by atoms with van der Waals surface area (Å²) in [6.07, 6.45) is 0.888. The lowest BCUT2D eigenvalue weighted by Crippen LogP contribution is -2.41. The number of hydrogen-bond donors (Lipinski definition) is 1. The van der Waals surface area contributed by atoms with Crippen molar-refractivity contribution >= 4 is 32.7 Å². The Labute approximate surface area is 192 Å². The van der Waals surface area contributed by atoms with E-state index in [9.17, 15) is 18.0 Å². The molecule has 0 spiro atoms. The number of anilines is 1. The zero-order valence-corrected chi connectivity index (χ0v) is 19.5. The van der Waals surface area contributed by atoms with E-state index in [1.54, 1.807) is 53.1 Å². The van der Waals surface area contributed by atoms with E-state index in [4.69, 9.17) is 4.42 Å². The van der Waals surface area contributed by atoms with Crippen molar-refractivity contribution in [2.45, 2.75) is 24.3 Å². The molecule has 1 aliphatic rings. The minimum atomic E-state index is -3.55. The second-order valence-electron chi connectivity index (χ2n) is 8.49. The van der Waals surface area contributed by atoms with Crippen LogP contribution in [0.1, 0.15) is 12.8 Å². The Bertz CT molecular complexity index is 1290. The van der Waals surface area contributed by atoms with Gasteiger partial charge in [0.1, 0.15) is 0 Å². The van der Waals surface area contributed by atoms with Crippen molar-refractivity contribution in [2.75, 3.05) is 39.0 Å². The zero-order valence-electron chi connectivity index (χ0n) is 18.7. The standard InChI is InChI=1S/C23H28N4O5S/c1-25(2)14-15-27-20-16-18(8-9-21(20)32-23(27)29)24-22(28)17-10-12-26(13-11-17)33(30,31)19-6-4-3-5-7-19/h3-9,16-17H,10-15H2,1-2H3,(H,24,28). The van der Waals surface area contributed by atoms with Crippen molar-refractivity contribution in [3.8, 4) is 0 Å². The quantitative estimate of drug-likeness (QED) is 0.565. The summed E-state index contributed by atoms with van der Waals surface area (Å²) in [5.74, 6) is -0.873. The molecule has 1 amide bonds. The fourth-order valence-corrected chi connectivity index (χ4v) is 5.49. The number of nitrogens with one attached hydrogen (secondary N) is 1. The number of aromatic nitrogens is 1. The first-order chi connectivity index (χ1) is 15.8. The van der Waals surface area contributed by atoms with Gasteiger partial charge in [-0.3, -0.25) is 9.36 Å². The average molecular weight is 473 g/mol. The molecule has 10 heteroatoms. The summed E-state index contributed by atoms with van der Waals surface area (Å²) in [7, 11) is 0.299. The van der Waals surface area contributed by atoms with Crippen LogP contribution in [0.15, 0.2) is 62.6 Å². The van der Waals surface area contributed by atoms with Gasteiger partial charge in [0.15, 0.2) is 5.58 Å². The molecule has 176 valence electrons. The second-order valence-corrected chi connectivity index (χ2v) is 10.4. The number of hydrogen-bond acceptors (Lipinski definition) is 6. The third-order valence-electron chi connectivity index (χ3n) is 5.91. The maximum Gasteiger partial charge on any atom is 0.419 e. The average Bonchev–Trinajstić information content (AvgIpc) is 3.12. The topological polar surface area (TPSA) is 105 Å². The van der Waals surface area contributed by atoms with E-state index < -0.39 is 15.8 Å². The third kappa shape index (κ3) is 5.02. The number of amides is 1. The van der Waals surface area contributed by atoms with Crippen molar-refractivity contribution < 1.29 is 17.6 Å². The van der Waals surface area contributed by atoms with Crippen molar-refractivity contribution in [2.24, 2.45) is 5.92 Å². The van der Waals surface area contributed by atoms with E-state index in [1.165, 1.54) is 4.31 Å². The van der Waals surface area contributed by atoms with E-state index in [-0.39, 0.29) is 16.7 Å². The van der Waals surface area contributed by atoms with E-state index in [1.807, 2.05) is 19.0 Å². The van der Waals surface area contributed by atoms with Crippen LogP contribution in [-0.2, 0) is 21.4 Å². The Kier molecular flexibility index (Phi) is 6.68. The predicted octanol–water partition coefficient (Wildman–Crippen LogP) is 2.20. The fourth-order valence-electron chi connectivity index (χ4n) is 4.00. The molecule has 0 radical (unpaired) electrons. The van der Waals surface area contributed by atoms with Crippen LogP contribution >= 0.6 is 0 Å². The molecule has 0 bridgehead atoms. The number of nitrogens with zero attached hydrogens (tertiary/aromatic N) is 3. The van der Waals surface area contributed by atoms with E-state index in [0.717, 1.165) is 0 Å². The fraction of sp³-hybridized carbons (Fsp3) is 0.391. The molecule has 1 fully saturated rings. The zero-order chi connectivity index (χ0) is 23.6. The molecule has 2 heterocycles. The molecule has 0 aliphatic carbocycles. The molecule has 0 unspecified atom stereocenters. The lowest BCUT2D eigenvalue weighted by molar-refractivity contribution is -0.120. The summed E-state index contributed by atoms with van der Waals surface area (Å²) in [5, 5.41) is 2.92. The number of fused-ring (bicyclic) bond motifs is 1. The summed E-state index contributed by atoms with van der Waals surface area (Å²) in [4.78, 5) is 27.3. The van der Waals surface area contributed by atoms with Crippen molar-refractivity contribution in [1.29, 1.82) is 0 Å². The molecule has 0 atom stereocenters. The molecule has 3 aromatic rings. The van der Waals surface area contributed by atoms with Gasteiger partial charge in [0.2, 0.25) is 15.9 Å². The molecule has 1 N–H and O–H groups in total. The molecule has 33 heavy (non-hydrogen) atoms. The molecule has 1 aliphatic heterocycles. The highest BCUT2D eigenvalue weighted by atomic mass is 32.2. The first kappa shape index (κ1) is 23.2. The van der Waals surface area contributed by atoms with Gasteiger partial charge in [-0.25, -0.2) is 13.2 Å². The number of likely N-dealkylation sites (N-methyl/N-ethyl adjacent to an activating group) is 1. The highest BCUT2D eigenvalue weighted by Crippen LogP contribution is 2.25. The highest BCUT2D eigenvalue weighted by molar-refractivity contribution is 7.89. The molecule has 4 rings (SSSR count). The van der Waals surface area contributed by atoms with Gasteiger partial charge >= 0.3 is 5.76 Å². The van der Waals surface area contributed by atoms with Crippen LogP contribution in [0.5, 0.6) is 0 Å². The van der Waals surface area contributed by atoms with Gasteiger partial charge in [-0.15, -0.1) is 0 Å². The SMILES string of the molecule is CN(C)CCn1c(=O)oc2ccc(NC(=O)C3CCN(S(=O)(=O)c4ccccc4)CC3)cc21. The van der Waals surface area contributed by atoms with Crippen molar-refractivity contribution in [3.05, 3.63) is 59.1 Å². The molecular weight excluding hydrogens is 444 g/mol. The second kappa shape index (κ2) is 9.50. The van der Waals surface area contributed by atoms with Crippen LogP contribution in [0.3, 0.4) is 0 Å². The molecule has 0 saturated carbocycles. The van der Waals surface area contributed by atoms with E-state index in [2.05, 4.69) is 5.32 Å². The third-order valence-corrected chi connectivity index (χ3v) is 7.82. The Balaban J connectivity index is 1.42. The van der Waals surface area contributed by atoms with Gasteiger partial charge in [0.05, 0.1) is 10.4 Å². The number of rotatable bonds is 7. The number of carbonyl (C=O) groups excluding carboxylic acids is 1. The number of benzene rings is 2. The van der Waals surface area contributed by atoms with Crippen LogP contribution < -0.4 is 11.1 Å². The number of carbonyl (C=O) groups is 1. The maximum absolute atomic E-state index is 12.9. The molecule has 9 nitrogen and oxygen atoms in total. The summed E-state index contributed by atoms with van der Waals surface area (Å²) in [6, 6.07) is 13.5. The number of piperidine rings is 1. The monoisotopic (exact) mass is 472 g/mol. The van der Waals surface area contributed by atoms with Crippen LogP contribution in [-0.4, -0.2) is 61.8 Å². The maximum atomic E-state index is 12.9. The van der Waals surface area contributed by atoms with Crippen LogP contribution in [0, 0.1) is 5.92 Å². The van der Waals surface area contributed by atoms with Gasteiger partial charge in [0, 0.05) is 37.8 Å². The van der Waals surface area contributed by atoms with E-state index >= 15 is 0 Å². The summed E-state index contributed by atoms with van der Waals surface area (Å²) in [5.41, 5.74) is 1.67. The Morgan fingerprint density at radius 2 is 1.82 bits per heavy atom. The minimum absolute atomic E-state index is 0.156. The smallest absolute Gasteiger partial charge is 0.408 e. The van der Waals surface area contributed by atoms with Crippen LogP contribution in [0.25, 0.3) is 11.1 Å². The van der Waals surface area contributed by atoms with Gasteiger partial charge in [-0.1, -0.05) is 18.2 Å². The highest BCUT2D eigenvalue weighted by Gasteiger charge is 2.32. The Morgan fingerprint density at radius 3 is 2.48 bits per heavy atom. The molecule has 2 aromatic carbocycles. The summed E-state index contributed by atoms with van der Waals surface area (Å²) in [6.45, 7) is 1.74. The molecular formula is C23H28N4O5S. The van der Waals surface area contributed by atoms with E-state index in [0.29, 0.717) is 55.8 Å². The van der Waals surface area contributed by atoms with Crippen molar-refractivity contribution in [3.63, 3.8) is 0 Å². The number of oxazole rings is 1. The first-order valence-electron chi connectivity index (χ1n) is 10.9.